The Balaban J connectivity index is 1.42. The van der Waals surface area contributed by atoms with Crippen LogP contribution in [0.5, 0.6) is 0 Å². The average Bonchev–Trinajstić information content (AvgIpc) is 3.27. The van der Waals surface area contributed by atoms with Crippen LogP contribution in [-0.4, -0.2) is 38.4 Å². The van der Waals surface area contributed by atoms with E-state index in [0.717, 1.165) is 11.5 Å². The molecule has 1 N–H and O–H groups in total. The predicted octanol–water partition coefficient (Wildman–Crippen LogP) is 3.10. The predicted molar refractivity (Wildman–Crippen MR) is 102 cm³/mol. The van der Waals surface area contributed by atoms with Gasteiger partial charge in [0, 0.05) is 28.5 Å². The van der Waals surface area contributed by atoms with Gasteiger partial charge in [-0.2, -0.15) is 16.6 Å². The number of benzene rings is 1. The molecule has 3 rings (SSSR count). The summed E-state index contributed by atoms with van der Waals surface area (Å²) in [6, 6.07) is 11.4. The van der Waals surface area contributed by atoms with Gasteiger partial charge in [0.25, 0.3) is 0 Å². The molecular formula is C16H16ClN5OS2. The first kappa shape index (κ1) is 17.9. The molecular weight excluding hydrogens is 378 g/mol. The van der Waals surface area contributed by atoms with E-state index in [4.69, 9.17) is 11.6 Å². The highest BCUT2D eigenvalue weighted by atomic mass is 35.5. The van der Waals surface area contributed by atoms with E-state index in [2.05, 4.69) is 32.2 Å². The molecule has 0 unspecified atom stereocenters. The first-order chi connectivity index (χ1) is 12.2. The summed E-state index contributed by atoms with van der Waals surface area (Å²) in [7, 11) is 0. The number of nitrogens with zero attached hydrogens (tertiary/aromatic N) is 4. The van der Waals surface area contributed by atoms with Crippen molar-refractivity contribution in [3.63, 3.8) is 0 Å². The van der Waals surface area contributed by atoms with E-state index in [1.54, 1.807) is 29.2 Å². The maximum absolute atomic E-state index is 11.9. The van der Waals surface area contributed by atoms with E-state index < -0.39 is 0 Å². The molecule has 0 spiro atoms. The Morgan fingerprint density at radius 1 is 1.28 bits per heavy atom. The van der Waals surface area contributed by atoms with Crippen molar-refractivity contribution in [2.75, 3.05) is 12.3 Å². The van der Waals surface area contributed by atoms with Gasteiger partial charge in [-0.1, -0.05) is 29.8 Å². The van der Waals surface area contributed by atoms with Gasteiger partial charge in [0.05, 0.1) is 5.02 Å². The number of rotatable bonds is 8. The number of amides is 1. The molecule has 0 saturated carbocycles. The highest BCUT2D eigenvalue weighted by Crippen LogP contribution is 2.23. The third-order valence-electron chi connectivity index (χ3n) is 3.25. The van der Waals surface area contributed by atoms with E-state index in [-0.39, 0.29) is 12.5 Å². The number of aromatic nitrogens is 4. The number of hydrogen-bond acceptors (Lipinski definition) is 6. The van der Waals surface area contributed by atoms with Gasteiger partial charge >= 0.3 is 0 Å². The molecule has 0 aliphatic heterocycles. The van der Waals surface area contributed by atoms with Crippen molar-refractivity contribution in [3.8, 4) is 11.4 Å². The van der Waals surface area contributed by atoms with E-state index in [0.29, 0.717) is 23.0 Å². The topological polar surface area (TPSA) is 72.7 Å². The van der Waals surface area contributed by atoms with Gasteiger partial charge in [0.2, 0.25) is 11.7 Å². The molecule has 0 fully saturated rings. The number of halogens is 1. The molecule has 0 atom stereocenters. The first-order valence-corrected chi connectivity index (χ1v) is 10.0. The van der Waals surface area contributed by atoms with E-state index in [1.165, 1.54) is 9.67 Å². The van der Waals surface area contributed by atoms with Crippen LogP contribution in [0.2, 0.25) is 5.02 Å². The second-order valence-electron chi connectivity index (χ2n) is 5.11. The Morgan fingerprint density at radius 2 is 2.16 bits per heavy atom. The lowest BCUT2D eigenvalue weighted by Crippen LogP contribution is -2.30. The summed E-state index contributed by atoms with van der Waals surface area (Å²) < 4.78 is 0. The number of nitrogens with one attached hydrogen (secondary N) is 1. The zero-order valence-electron chi connectivity index (χ0n) is 13.3. The van der Waals surface area contributed by atoms with Gasteiger partial charge in [-0.25, -0.2) is 0 Å². The zero-order valence-corrected chi connectivity index (χ0v) is 15.7. The summed E-state index contributed by atoms with van der Waals surface area (Å²) >= 11 is 9.65. The molecule has 9 heteroatoms. The van der Waals surface area contributed by atoms with Crippen LogP contribution in [0.1, 0.15) is 4.88 Å². The number of carbonyl (C=O) groups excluding carboxylic acids is 1. The van der Waals surface area contributed by atoms with Crippen molar-refractivity contribution in [2.45, 2.75) is 12.3 Å². The lowest BCUT2D eigenvalue weighted by Gasteiger charge is -2.04. The molecule has 0 aliphatic carbocycles. The van der Waals surface area contributed by atoms with E-state index in [1.807, 2.05) is 24.3 Å². The van der Waals surface area contributed by atoms with Crippen LogP contribution < -0.4 is 5.32 Å². The second kappa shape index (κ2) is 8.98. The Morgan fingerprint density at radius 3 is 2.96 bits per heavy atom. The van der Waals surface area contributed by atoms with Crippen LogP contribution >= 0.6 is 34.7 Å². The van der Waals surface area contributed by atoms with Crippen molar-refractivity contribution in [1.29, 1.82) is 0 Å². The van der Waals surface area contributed by atoms with E-state index in [9.17, 15) is 4.79 Å². The summed E-state index contributed by atoms with van der Waals surface area (Å²) in [6.07, 6.45) is 0. The third-order valence-corrected chi connectivity index (χ3v) is 5.64. The molecule has 1 amide bonds. The zero-order chi connectivity index (χ0) is 17.5. The average molecular weight is 394 g/mol. The highest BCUT2D eigenvalue weighted by Gasteiger charge is 2.11. The van der Waals surface area contributed by atoms with Gasteiger partial charge in [-0.05, 0) is 28.8 Å². The Bertz CT molecular complexity index is 822. The molecule has 2 heterocycles. The highest BCUT2D eigenvalue weighted by molar-refractivity contribution is 7.98. The normalized spacial score (nSPS) is 10.8. The SMILES string of the molecule is O=C(Cn1nnc(-c2ccccc2Cl)n1)NCCSCc1cccs1. The lowest BCUT2D eigenvalue weighted by atomic mass is 10.2. The molecule has 3 aromatic rings. The minimum absolute atomic E-state index is 0.0348. The summed E-state index contributed by atoms with van der Waals surface area (Å²) in [4.78, 5) is 14.6. The van der Waals surface area contributed by atoms with E-state index >= 15 is 0 Å². The van der Waals surface area contributed by atoms with Gasteiger partial charge in [0.1, 0.15) is 6.54 Å². The number of tetrazole rings is 1. The third kappa shape index (κ3) is 5.29. The number of thioether (sulfide) groups is 1. The van der Waals surface area contributed by atoms with Crippen LogP contribution in [0.4, 0.5) is 0 Å². The quantitative estimate of drug-likeness (QED) is 0.595. The number of hydrogen-bond donors (Lipinski definition) is 1. The monoisotopic (exact) mass is 393 g/mol. The van der Waals surface area contributed by atoms with Crippen molar-refractivity contribution < 1.29 is 4.79 Å². The lowest BCUT2D eigenvalue weighted by molar-refractivity contribution is -0.121. The summed E-state index contributed by atoms with van der Waals surface area (Å²) in [6.45, 7) is 0.647. The van der Waals surface area contributed by atoms with Gasteiger partial charge in [0.15, 0.2) is 0 Å². The van der Waals surface area contributed by atoms with Crippen molar-refractivity contribution in [3.05, 3.63) is 51.7 Å². The summed E-state index contributed by atoms with van der Waals surface area (Å²) in [5, 5.41) is 17.5. The molecule has 0 bridgehead atoms. The molecule has 2 aromatic heterocycles. The molecule has 0 saturated heterocycles. The van der Waals surface area contributed by atoms with Crippen molar-refractivity contribution >= 4 is 40.6 Å². The minimum atomic E-state index is -0.139. The van der Waals surface area contributed by atoms with Gasteiger partial charge < -0.3 is 5.32 Å². The van der Waals surface area contributed by atoms with Crippen LogP contribution in [0.15, 0.2) is 41.8 Å². The standard InChI is InChI=1S/C16H16ClN5OS2/c17-14-6-2-1-5-13(14)16-19-21-22(20-16)10-15(23)18-7-9-24-11-12-4-3-8-25-12/h1-6,8H,7,9-11H2,(H,18,23). The fourth-order valence-corrected chi connectivity index (χ4v) is 3.99. The minimum Gasteiger partial charge on any atom is -0.354 e. The first-order valence-electron chi connectivity index (χ1n) is 7.62. The fraction of sp³-hybridized carbons (Fsp3) is 0.250. The van der Waals surface area contributed by atoms with Crippen molar-refractivity contribution in [1.82, 2.24) is 25.5 Å². The van der Waals surface area contributed by atoms with Crippen LogP contribution in [0.3, 0.4) is 0 Å². The maximum atomic E-state index is 11.9. The number of carbonyl (C=O) groups is 1. The second-order valence-corrected chi connectivity index (χ2v) is 7.65. The molecule has 25 heavy (non-hydrogen) atoms. The largest absolute Gasteiger partial charge is 0.354 e. The maximum Gasteiger partial charge on any atom is 0.243 e. The van der Waals surface area contributed by atoms with Gasteiger partial charge in [-0.15, -0.1) is 21.5 Å². The van der Waals surface area contributed by atoms with Gasteiger partial charge in [-0.3, -0.25) is 4.79 Å². The Labute approximate surface area is 158 Å². The smallest absolute Gasteiger partial charge is 0.243 e. The Hall–Kier alpha value is -1.90. The fourth-order valence-electron chi connectivity index (χ4n) is 2.08. The molecule has 6 nitrogen and oxygen atoms in total. The summed E-state index contributed by atoms with van der Waals surface area (Å²) in [5.41, 5.74) is 0.695. The Kier molecular flexibility index (Phi) is 6.43. The molecule has 130 valence electrons. The van der Waals surface area contributed by atoms with Crippen LogP contribution in [0.25, 0.3) is 11.4 Å². The molecule has 0 radical (unpaired) electrons. The van der Waals surface area contributed by atoms with Crippen LogP contribution in [0, 0.1) is 0 Å². The molecule has 0 aliphatic rings. The number of thiophene rings is 1. The molecule has 1 aromatic carbocycles. The summed E-state index contributed by atoms with van der Waals surface area (Å²) in [5.74, 6) is 2.10. The van der Waals surface area contributed by atoms with Crippen molar-refractivity contribution in [2.24, 2.45) is 0 Å². The van der Waals surface area contributed by atoms with Crippen LogP contribution in [-0.2, 0) is 17.1 Å².